The van der Waals surface area contributed by atoms with E-state index in [-0.39, 0.29) is 24.3 Å². The monoisotopic (exact) mass is 444 g/mol. The molecule has 0 saturated carbocycles. The molecule has 3 rings (SSSR count). The van der Waals surface area contributed by atoms with Gasteiger partial charge in [0.25, 0.3) is 5.91 Å². The van der Waals surface area contributed by atoms with Crippen LogP contribution in [0, 0.1) is 0 Å². The molecule has 0 aliphatic carbocycles. The Labute approximate surface area is 193 Å². The molecule has 0 radical (unpaired) electrons. The molecule has 0 aliphatic rings. The van der Waals surface area contributed by atoms with Crippen LogP contribution in [0.25, 0.3) is 0 Å². The zero-order valence-corrected chi connectivity index (χ0v) is 18.6. The van der Waals surface area contributed by atoms with E-state index in [0.29, 0.717) is 24.2 Å². The van der Waals surface area contributed by atoms with Gasteiger partial charge in [0.1, 0.15) is 0 Å². The SMILES string of the molecule is CCCC(=O)Nc1ccc(NCC(=O)Nc2ccc(C(=O)NCc3ccccc3)cc2)cc1. The fraction of sp³-hybridized carbons (Fsp3) is 0.192. The number of amides is 3. The molecule has 4 N–H and O–H groups in total. The maximum Gasteiger partial charge on any atom is 0.251 e. The van der Waals surface area contributed by atoms with Crippen LogP contribution in [0.1, 0.15) is 35.7 Å². The number of nitrogens with one attached hydrogen (secondary N) is 4. The predicted molar refractivity (Wildman–Crippen MR) is 131 cm³/mol. The number of rotatable bonds is 10. The molecular formula is C26H28N4O3. The number of anilines is 3. The third-order valence-corrected chi connectivity index (χ3v) is 4.83. The van der Waals surface area contributed by atoms with E-state index in [2.05, 4.69) is 21.3 Å². The lowest BCUT2D eigenvalue weighted by atomic mass is 10.1. The van der Waals surface area contributed by atoms with Crippen LogP contribution in [0.3, 0.4) is 0 Å². The van der Waals surface area contributed by atoms with Gasteiger partial charge in [-0.3, -0.25) is 14.4 Å². The average Bonchev–Trinajstić information content (AvgIpc) is 2.83. The Morgan fingerprint density at radius 2 is 1.27 bits per heavy atom. The number of hydrogen-bond donors (Lipinski definition) is 4. The molecule has 0 spiro atoms. The molecule has 170 valence electrons. The summed E-state index contributed by atoms with van der Waals surface area (Å²) in [6.45, 7) is 2.49. The molecule has 3 amide bonds. The summed E-state index contributed by atoms with van der Waals surface area (Å²) in [6.07, 6.45) is 1.28. The summed E-state index contributed by atoms with van der Waals surface area (Å²) in [5.74, 6) is -0.401. The fourth-order valence-corrected chi connectivity index (χ4v) is 3.09. The van der Waals surface area contributed by atoms with Gasteiger partial charge in [0.15, 0.2) is 0 Å². The summed E-state index contributed by atoms with van der Waals surface area (Å²) in [4.78, 5) is 36.2. The first kappa shape index (κ1) is 23.5. The summed E-state index contributed by atoms with van der Waals surface area (Å²) < 4.78 is 0. The largest absolute Gasteiger partial charge is 0.376 e. The van der Waals surface area contributed by atoms with Crippen molar-refractivity contribution in [2.24, 2.45) is 0 Å². The minimum absolute atomic E-state index is 0.0164. The first-order valence-electron chi connectivity index (χ1n) is 10.9. The Morgan fingerprint density at radius 1 is 0.697 bits per heavy atom. The van der Waals surface area contributed by atoms with Crippen LogP contribution in [0.2, 0.25) is 0 Å². The van der Waals surface area contributed by atoms with Crippen molar-refractivity contribution in [3.63, 3.8) is 0 Å². The lowest BCUT2D eigenvalue weighted by molar-refractivity contribution is -0.116. The van der Waals surface area contributed by atoms with Gasteiger partial charge in [0, 0.05) is 35.6 Å². The van der Waals surface area contributed by atoms with Crippen molar-refractivity contribution < 1.29 is 14.4 Å². The van der Waals surface area contributed by atoms with Gasteiger partial charge in [0.05, 0.1) is 6.54 Å². The van der Waals surface area contributed by atoms with E-state index < -0.39 is 0 Å². The number of carbonyl (C=O) groups excluding carboxylic acids is 3. The molecule has 33 heavy (non-hydrogen) atoms. The van der Waals surface area contributed by atoms with Crippen molar-refractivity contribution in [3.8, 4) is 0 Å². The molecule has 0 saturated heterocycles. The van der Waals surface area contributed by atoms with Gasteiger partial charge < -0.3 is 21.3 Å². The highest BCUT2D eigenvalue weighted by Gasteiger charge is 2.07. The van der Waals surface area contributed by atoms with E-state index in [1.165, 1.54) is 0 Å². The molecule has 0 aromatic heterocycles. The van der Waals surface area contributed by atoms with Crippen molar-refractivity contribution in [2.45, 2.75) is 26.3 Å². The van der Waals surface area contributed by atoms with Crippen LogP contribution in [0.5, 0.6) is 0 Å². The van der Waals surface area contributed by atoms with Gasteiger partial charge in [-0.25, -0.2) is 0 Å². The van der Waals surface area contributed by atoms with E-state index >= 15 is 0 Å². The molecule has 7 heteroatoms. The maximum absolute atomic E-state index is 12.3. The van der Waals surface area contributed by atoms with E-state index in [9.17, 15) is 14.4 Å². The molecule has 0 bridgehead atoms. The van der Waals surface area contributed by atoms with Crippen LogP contribution >= 0.6 is 0 Å². The summed E-state index contributed by atoms with van der Waals surface area (Å²) in [5, 5.41) is 11.5. The zero-order chi connectivity index (χ0) is 23.5. The minimum atomic E-state index is -0.211. The predicted octanol–water partition coefficient (Wildman–Crippen LogP) is 4.41. The van der Waals surface area contributed by atoms with Crippen LogP contribution in [0.4, 0.5) is 17.1 Å². The normalized spacial score (nSPS) is 10.2. The number of benzene rings is 3. The number of carbonyl (C=O) groups is 3. The average molecular weight is 445 g/mol. The highest BCUT2D eigenvalue weighted by atomic mass is 16.2. The topological polar surface area (TPSA) is 99.3 Å². The van der Waals surface area contributed by atoms with Gasteiger partial charge in [-0.1, -0.05) is 37.3 Å². The molecule has 0 unspecified atom stereocenters. The smallest absolute Gasteiger partial charge is 0.251 e. The first-order valence-corrected chi connectivity index (χ1v) is 10.9. The van der Waals surface area contributed by atoms with Gasteiger partial charge in [-0.2, -0.15) is 0 Å². The van der Waals surface area contributed by atoms with E-state index in [1.54, 1.807) is 48.5 Å². The summed E-state index contributed by atoms with van der Waals surface area (Å²) in [5.41, 5.74) is 3.64. The third kappa shape index (κ3) is 7.81. The second-order valence-electron chi connectivity index (χ2n) is 7.52. The molecule has 0 aliphatic heterocycles. The molecule has 0 fully saturated rings. The lowest BCUT2D eigenvalue weighted by Gasteiger charge is -2.10. The first-order chi connectivity index (χ1) is 16.0. The number of hydrogen-bond acceptors (Lipinski definition) is 4. The fourth-order valence-electron chi connectivity index (χ4n) is 3.09. The van der Waals surface area contributed by atoms with Crippen LogP contribution in [0.15, 0.2) is 78.9 Å². The second-order valence-corrected chi connectivity index (χ2v) is 7.52. The Hall–Kier alpha value is -4.13. The van der Waals surface area contributed by atoms with Crippen molar-refractivity contribution >= 4 is 34.8 Å². The highest BCUT2D eigenvalue weighted by molar-refractivity contribution is 5.96. The maximum atomic E-state index is 12.3. The van der Waals surface area contributed by atoms with Crippen molar-refractivity contribution in [1.82, 2.24) is 5.32 Å². The van der Waals surface area contributed by atoms with Crippen molar-refractivity contribution in [1.29, 1.82) is 0 Å². The molecule has 3 aromatic rings. The molecule has 0 atom stereocenters. The summed E-state index contributed by atoms with van der Waals surface area (Å²) in [6, 6.07) is 23.6. The Morgan fingerprint density at radius 3 is 1.91 bits per heavy atom. The molecule has 3 aromatic carbocycles. The third-order valence-electron chi connectivity index (χ3n) is 4.83. The Kier molecular flexibility index (Phi) is 8.59. The zero-order valence-electron chi connectivity index (χ0n) is 18.6. The second kappa shape index (κ2) is 12.0. The Balaban J connectivity index is 1.43. The van der Waals surface area contributed by atoms with E-state index in [0.717, 1.165) is 23.4 Å². The van der Waals surface area contributed by atoms with Crippen molar-refractivity contribution in [2.75, 3.05) is 22.5 Å². The molecule has 0 heterocycles. The van der Waals surface area contributed by atoms with Gasteiger partial charge >= 0.3 is 0 Å². The van der Waals surface area contributed by atoms with Gasteiger partial charge in [0.2, 0.25) is 11.8 Å². The van der Waals surface area contributed by atoms with E-state index in [1.807, 2.05) is 37.3 Å². The quantitative estimate of drug-likeness (QED) is 0.372. The molecular weight excluding hydrogens is 416 g/mol. The van der Waals surface area contributed by atoms with Gasteiger partial charge in [-0.05, 0) is 60.5 Å². The Bertz CT molecular complexity index is 1060. The lowest BCUT2D eigenvalue weighted by Crippen LogP contribution is -2.23. The van der Waals surface area contributed by atoms with Crippen molar-refractivity contribution in [3.05, 3.63) is 90.0 Å². The highest BCUT2D eigenvalue weighted by Crippen LogP contribution is 2.14. The minimum Gasteiger partial charge on any atom is -0.376 e. The summed E-state index contributed by atoms with van der Waals surface area (Å²) in [7, 11) is 0. The molecule has 7 nitrogen and oxygen atoms in total. The van der Waals surface area contributed by atoms with E-state index in [4.69, 9.17) is 0 Å². The van der Waals surface area contributed by atoms with Gasteiger partial charge in [-0.15, -0.1) is 0 Å². The summed E-state index contributed by atoms with van der Waals surface area (Å²) >= 11 is 0. The van der Waals surface area contributed by atoms with Crippen LogP contribution < -0.4 is 21.3 Å². The standard InChI is InChI=1S/C26H28N4O3/c1-2-6-24(31)29-23-15-13-21(14-16-23)27-18-25(32)30-22-11-9-20(10-12-22)26(33)28-17-19-7-4-3-5-8-19/h3-5,7-16,27H,2,6,17-18H2,1H3,(H,28,33)(H,29,31)(H,30,32). The van der Waals surface area contributed by atoms with Crippen LogP contribution in [-0.4, -0.2) is 24.3 Å². The van der Waals surface area contributed by atoms with Crippen LogP contribution in [-0.2, 0) is 16.1 Å².